The van der Waals surface area contributed by atoms with E-state index < -0.39 is 71.3 Å². The molecular formula is C30H37F3N4O5. The zero-order chi connectivity index (χ0) is 30.6. The van der Waals surface area contributed by atoms with Gasteiger partial charge in [0.15, 0.2) is 11.5 Å². The van der Waals surface area contributed by atoms with E-state index in [1.54, 1.807) is 27.7 Å². The Bertz CT molecular complexity index is 1400. The summed E-state index contributed by atoms with van der Waals surface area (Å²) in [6.45, 7) is 8.28. The van der Waals surface area contributed by atoms with Gasteiger partial charge in [0.25, 0.3) is 5.92 Å². The van der Waals surface area contributed by atoms with Gasteiger partial charge in [0, 0.05) is 18.4 Å². The highest BCUT2D eigenvalue weighted by Gasteiger charge is 2.50. The first-order valence-corrected chi connectivity index (χ1v) is 14.5. The summed E-state index contributed by atoms with van der Waals surface area (Å²) < 4.78 is 57.1. The van der Waals surface area contributed by atoms with Crippen LogP contribution in [0.2, 0.25) is 0 Å². The third-order valence-corrected chi connectivity index (χ3v) is 8.51. The van der Waals surface area contributed by atoms with Crippen molar-refractivity contribution in [1.82, 2.24) is 20.2 Å². The third-order valence-electron chi connectivity index (χ3n) is 8.51. The van der Waals surface area contributed by atoms with Gasteiger partial charge in [-0.15, -0.1) is 0 Å². The number of benzene rings is 1. The number of rotatable bonds is 1. The number of hydrogen-bond acceptors (Lipinski definition) is 7. The molecule has 5 rings (SSSR count). The van der Waals surface area contributed by atoms with Gasteiger partial charge >= 0.3 is 6.09 Å². The van der Waals surface area contributed by atoms with Crippen molar-refractivity contribution in [2.45, 2.75) is 96.9 Å². The molecule has 228 valence electrons. The van der Waals surface area contributed by atoms with Crippen LogP contribution >= 0.6 is 0 Å². The second-order valence-electron chi connectivity index (χ2n) is 12.9. The van der Waals surface area contributed by atoms with Gasteiger partial charge in [-0.3, -0.25) is 9.59 Å². The van der Waals surface area contributed by atoms with Crippen LogP contribution in [0.4, 0.5) is 18.0 Å². The highest BCUT2D eigenvalue weighted by molar-refractivity contribution is 5.92. The number of fused-ring (bicyclic) bond motifs is 5. The molecular weight excluding hydrogens is 553 g/mol. The fourth-order valence-corrected chi connectivity index (χ4v) is 6.04. The molecule has 2 fully saturated rings. The Labute approximate surface area is 242 Å². The minimum Gasteiger partial charge on any atom is -0.471 e. The van der Waals surface area contributed by atoms with Crippen LogP contribution in [0.1, 0.15) is 72.4 Å². The Morgan fingerprint density at radius 1 is 1.10 bits per heavy atom. The maximum Gasteiger partial charge on any atom is 0.408 e. The Hall–Kier alpha value is -3.44. The average Bonchev–Trinajstić information content (AvgIpc) is 3.54. The van der Waals surface area contributed by atoms with Crippen molar-refractivity contribution >= 4 is 28.8 Å². The van der Waals surface area contributed by atoms with Crippen molar-refractivity contribution in [3.8, 4) is 5.88 Å². The smallest absolute Gasteiger partial charge is 0.408 e. The zero-order valence-corrected chi connectivity index (χ0v) is 24.5. The molecule has 2 aliphatic heterocycles. The number of hydrogen-bond donors (Lipinski definition) is 1. The molecule has 1 aliphatic carbocycles. The van der Waals surface area contributed by atoms with Crippen molar-refractivity contribution in [3.63, 3.8) is 0 Å². The molecule has 2 aromatic rings. The second-order valence-corrected chi connectivity index (χ2v) is 12.9. The lowest BCUT2D eigenvalue weighted by atomic mass is 9.85. The number of ether oxygens (including phenoxy) is 2. The molecule has 3 aliphatic rings. The average molecular weight is 591 g/mol. The molecule has 1 aromatic carbocycles. The summed E-state index contributed by atoms with van der Waals surface area (Å²) in [7, 11) is 0. The molecule has 0 unspecified atom stereocenters. The number of ketones is 1. The monoisotopic (exact) mass is 590 g/mol. The van der Waals surface area contributed by atoms with Crippen LogP contribution in [0.5, 0.6) is 5.88 Å². The largest absolute Gasteiger partial charge is 0.471 e. The van der Waals surface area contributed by atoms with Crippen molar-refractivity contribution in [1.29, 1.82) is 0 Å². The van der Waals surface area contributed by atoms with E-state index in [-0.39, 0.29) is 41.8 Å². The van der Waals surface area contributed by atoms with Crippen LogP contribution in [0.25, 0.3) is 11.0 Å². The van der Waals surface area contributed by atoms with Gasteiger partial charge in [0.2, 0.25) is 11.8 Å². The van der Waals surface area contributed by atoms with Gasteiger partial charge in [-0.2, -0.15) is 8.78 Å². The Morgan fingerprint density at radius 3 is 2.52 bits per heavy atom. The van der Waals surface area contributed by atoms with Gasteiger partial charge in [0.1, 0.15) is 24.1 Å². The van der Waals surface area contributed by atoms with Gasteiger partial charge in [-0.25, -0.2) is 19.2 Å². The zero-order valence-electron chi connectivity index (χ0n) is 24.5. The molecule has 9 nitrogen and oxygen atoms in total. The van der Waals surface area contributed by atoms with Crippen molar-refractivity contribution in [2.24, 2.45) is 17.3 Å². The van der Waals surface area contributed by atoms with E-state index in [1.807, 2.05) is 0 Å². The summed E-state index contributed by atoms with van der Waals surface area (Å²) in [5, 5.41) is 2.72. The molecule has 0 radical (unpaired) electrons. The van der Waals surface area contributed by atoms with Crippen LogP contribution in [0, 0.1) is 23.1 Å². The van der Waals surface area contributed by atoms with Crippen LogP contribution in [-0.4, -0.2) is 63.5 Å². The van der Waals surface area contributed by atoms with Crippen molar-refractivity contribution in [2.75, 3.05) is 6.54 Å². The van der Waals surface area contributed by atoms with E-state index in [9.17, 15) is 18.8 Å². The molecule has 42 heavy (non-hydrogen) atoms. The normalized spacial score (nSPS) is 30.2. The molecule has 2 amide bonds. The molecule has 0 spiro atoms. The number of carbonyl (C=O) groups excluding carboxylic acids is 3. The van der Waals surface area contributed by atoms with Gasteiger partial charge in [0.05, 0.1) is 23.6 Å². The van der Waals surface area contributed by atoms with E-state index in [1.165, 1.54) is 17.9 Å². The summed E-state index contributed by atoms with van der Waals surface area (Å²) in [4.78, 5) is 49.4. The second kappa shape index (κ2) is 11.0. The van der Waals surface area contributed by atoms with Crippen LogP contribution in [-0.2, 0) is 20.2 Å². The molecule has 1 N–H and O–H groups in total. The number of alkyl carbamates (subject to hydrolysis) is 1. The maximum atomic E-state index is 15.7. The summed E-state index contributed by atoms with van der Waals surface area (Å²) in [6, 6.07) is 1.54. The lowest BCUT2D eigenvalue weighted by Crippen LogP contribution is -2.57. The van der Waals surface area contributed by atoms with E-state index >= 15 is 8.78 Å². The fraction of sp³-hybridized carbons (Fsp3) is 0.633. The number of aromatic nitrogens is 2. The highest BCUT2D eigenvalue weighted by atomic mass is 19.3. The summed E-state index contributed by atoms with van der Waals surface area (Å²) in [5.74, 6) is -5.86. The van der Waals surface area contributed by atoms with Crippen LogP contribution in [0.15, 0.2) is 18.2 Å². The summed E-state index contributed by atoms with van der Waals surface area (Å²) >= 11 is 0. The standard InChI is InChI=1S/C30H37F3N4O5/c1-15-22-14-37(23(15)16(2)38)27(39)25(29(3,4)5)36-28(40)42-21-12-17(21)8-6-7-11-30(32,33)24-26(41-22)35-20-13-18(31)9-10-19(20)34-24/h9-10,13,15,17,21-23,25H,6-8,11-12,14H2,1-5H3,(H,36,40)/t15-,17-,21-,22+,23+,25-/m1/s1. The Morgan fingerprint density at radius 2 is 1.83 bits per heavy atom. The molecule has 12 heteroatoms. The maximum absolute atomic E-state index is 15.7. The van der Waals surface area contributed by atoms with Crippen LogP contribution in [0.3, 0.4) is 0 Å². The van der Waals surface area contributed by atoms with Crippen molar-refractivity contribution < 1.29 is 37.0 Å². The lowest BCUT2D eigenvalue weighted by Gasteiger charge is -2.35. The third kappa shape index (κ3) is 6.03. The quantitative estimate of drug-likeness (QED) is 0.489. The Kier molecular flexibility index (Phi) is 7.86. The van der Waals surface area contributed by atoms with E-state index in [0.717, 1.165) is 12.1 Å². The predicted molar refractivity (Wildman–Crippen MR) is 146 cm³/mol. The number of carbonyl (C=O) groups is 3. The molecule has 1 aromatic heterocycles. The van der Waals surface area contributed by atoms with Crippen LogP contribution < -0.4 is 10.1 Å². The number of nitrogens with one attached hydrogen (secondary N) is 1. The first-order chi connectivity index (χ1) is 19.7. The minimum atomic E-state index is -3.41. The van der Waals surface area contributed by atoms with E-state index in [2.05, 4.69) is 15.3 Å². The Balaban J connectivity index is 1.56. The first-order valence-electron chi connectivity index (χ1n) is 14.5. The first kappa shape index (κ1) is 30.0. The lowest BCUT2D eigenvalue weighted by molar-refractivity contribution is -0.141. The SMILES string of the molecule is CC(=O)[C@@H]1[C@H](C)[C@@H]2CN1C(=O)[C@H](C(C)(C)C)NC(=O)O[C@@H]1C[C@H]1CCCCC(F)(F)c1nc3ccc(F)cc3nc1O2. The minimum absolute atomic E-state index is 0.0451. The molecule has 6 atom stereocenters. The molecule has 2 bridgehead atoms. The molecule has 1 saturated heterocycles. The molecule has 3 heterocycles. The summed E-state index contributed by atoms with van der Waals surface area (Å²) in [6.07, 6.45) is -0.586. The number of nitrogens with zero attached hydrogens (tertiary/aromatic N) is 3. The number of alkyl halides is 2. The fourth-order valence-electron chi connectivity index (χ4n) is 6.04. The number of Topliss-reactive ketones (excluding diaryl/α,β-unsaturated/α-hetero) is 1. The molecule has 1 saturated carbocycles. The predicted octanol–water partition coefficient (Wildman–Crippen LogP) is 5.15. The topological polar surface area (TPSA) is 111 Å². The summed E-state index contributed by atoms with van der Waals surface area (Å²) in [5.41, 5.74) is -1.26. The number of halogens is 3. The van der Waals surface area contributed by atoms with Gasteiger partial charge in [-0.1, -0.05) is 34.1 Å². The number of amides is 2. The van der Waals surface area contributed by atoms with E-state index in [4.69, 9.17) is 9.47 Å². The van der Waals surface area contributed by atoms with E-state index in [0.29, 0.717) is 19.3 Å². The van der Waals surface area contributed by atoms with Gasteiger partial charge in [-0.05, 0) is 49.7 Å². The van der Waals surface area contributed by atoms with Gasteiger partial charge < -0.3 is 19.7 Å². The van der Waals surface area contributed by atoms with Crippen molar-refractivity contribution in [3.05, 3.63) is 29.7 Å². The highest BCUT2D eigenvalue weighted by Crippen LogP contribution is 2.42.